The van der Waals surface area contributed by atoms with Crippen LogP contribution in [0.15, 0.2) is 62.5 Å². The summed E-state index contributed by atoms with van der Waals surface area (Å²) in [6, 6.07) is 11.5. The van der Waals surface area contributed by atoms with Crippen LogP contribution in [0, 0.1) is 0 Å². The van der Waals surface area contributed by atoms with Gasteiger partial charge in [0.25, 0.3) is 0 Å². The maximum atomic E-state index is 11.8. The first-order valence-corrected chi connectivity index (χ1v) is 7.02. The molecule has 0 amide bonds. The molecule has 3 rings (SSSR count). The largest absolute Gasteiger partial charge is 0.497 e. The Balaban J connectivity index is 1.66. The van der Waals surface area contributed by atoms with Gasteiger partial charge in [-0.15, -0.1) is 0 Å². The van der Waals surface area contributed by atoms with Gasteiger partial charge in [0, 0.05) is 17.7 Å². The van der Waals surface area contributed by atoms with Crippen molar-refractivity contribution < 1.29 is 23.2 Å². The van der Waals surface area contributed by atoms with Crippen LogP contribution in [0.25, 0.3) is 11.3 Å². The summed E-state index contributed by atoms with van der Waals surface area (Å²) in [5.41, 5.74) is 0.861. The molecule has 3 aromatic rings. The Kier molecular flexibility index (Phi) is 4.42. The van der Waals surface area contributed by atoms with Crippen molar-refractivity contribution in [1.82, 2.24) is 5.16 Å². The molecule has 7 nitrogen and oxygen atoms in total. The van der Waals surface area contributed by atoms with Crippen molar-refractivity contribution in [1.29, 1.82) is 0 Å². The molecule has 2 aromatic heterocycles. The molecule has 0 fully saturated rings. The van der Waals surface area contributed by atoms with Crippen LogP contribution in [0.1, 0.15) is 16.1 Å². The van der Waals surface area contributed by atoms with Crippen molar-refractivity contribution in [3.8, 4) is 17.1 Å². The summed E-state index contributed by atoms with van der Waals surface area (Å²) in [5, 5.41) is 3.86. The first-order chi connectivity index (χ1) is 11.7. The average Bonchev–Trinajstić information content (AvgIpc) is 3.09. The van der Waals surface area contributed by atoms with Crippen molar-refractivity contribution in [3.05, 3.63) is 70.4 Å². The van der Waals surface area contributed by atoms with Crippen LogP contribution in [-0.4, -0.2) is 18.2 Å². The van der Waals surface area contributed by atoms with Crippen LogP contribution in [0.2, 0.25) is 0 Å². The number of rotatable bonds is 5. The standard InChI is InChI=1S/C17H13NO6/c1-21-14-4-2-3-11(7-14)15-8-13(18-24-15)10-23-17(20)12-5-6-16(19)22-9-12/h2-9H,10H2,1H3. The lowest BCUT2D eigenvalue weighted by Crippen LogP contribution is -2.07. The van der Waals surface area contributed by atoms with E-state index in [0.29, 0.717) is 17.2 Å². The second-order valence-electron chi connectivity index (χ2n) is 4.83. The number of carbonyl (C=O) groups excluding carboxylic acids is 1. The minimum absolute atomic E-state index is 0.0641. The number of benzene rings is 1. The predicted octanol–water partition coefficient (Wildman–Crippen LogP) is 2.66. The van der Waals surface area contributed by atoms with Gasteiger partial charge in [0.05, 0.1) is 12.7 Å². The Morgan fingerprint density at radius 3 is 2.83 bits per heavy atom. The van der Waals surface area contributed by atoms with E-state index in [2.05, 4.69) is 9.57 Å². The van der Waals surface area contributed by atoms with E-state index in [9.17, 15) is 9.59 Å². The number of carbonyl (C=O) groups is 1. The normalized spacial score (nSPS) is 10.4. The molecule has 0 aliphatic rings. The second-order valence-corrected chi connectivity index (χ2v) is 4.83. The molecule has 0 saturated carbocycles. The molecule has 0 aliphatic heterocycles. The fourth-order valence-corrected chi connectivity index (χ4v) is 1.99. The molecule has 0 radical (unpaired) electrons. The van der Waals surface area contributed by atoms with E-state index in [1.807, 2.05) is 24.3 Å². The fourth-order valence-electron chi connectivity index (χ4n) is 1.99. The molecular formula is C17H13NO6. The van der Waals surface area contributed by atoms with Gasteiger partial charge < -0.3 is 18.4 Å². The Hall–Kier alpha value is -3.35. The highest BCUT2D eigenvalue weighted by molar-refractivity contribution is 5.88. The van der Waals surface area contributed by atoms with Crippen LogP contribution in [0.4, 0.5) is 0 Å². The Morgan fingerprint density at radius 2 is 2.08 bits per heavy atom. The van der Waals surface area contributed by atoms with Gasteiger partial charge in [-0.1, -0.05) is 17.3 Å². The number of aromatic nitrogens is 1. The molecule has 122 valence electrons. The molecule has 2 heterocycles. The van der Waals surface area contributed by atoms with Crippen molar-refractivity contribution >= 4 is 5.97 Å². The monoisotopic (exact) mass is 327 g/mol. The maximum absolute atomic E-state index is 11.8. The topological polar surface area (TPSA) is 91.8 Å². The van der Waals surface area contributed by atoms with E-state index < -0.39 is 11.6 Å². The zero-order valence-electron chi connectivity index (χ0n) is 12.7. The number of ether oxygens (including phenoxy) is 2. The number of hydrogen-bond acceptors (Lipinski definition) is 7. The van der Waals surface area contributed by atoms with Gasteiger partial charge in [-0.25, -0.2) is 9.59 Å². The highest BCUT2D eigenvalue weighted by Crippen LogP contribution is 2.24. The van der Waals surface area contributed by atoms with Gasteiger partial charge in [0.15, 0.2) is 5.76 Å². The predicted molar refractivity (Wildman–Crippen MR) is 82.6 cm³/mol. The lowest BCUT2D eigenvalue weighted by Gasteiger charge is -2.01. The fraction of sp³-hybridized carbons (Fsp3) is 0.118. The molecule has 0 saturated heterocycles. The van der Waals surface area contributed by atoms with Gasteiger partial charge in [-0.05, 0) is 18.2 Å². The Labute approximate surface area is 136 Å². The van der Waals surface area contributed by atoms with Gasteiger partial charge in [-0.2, -0.15) is 0 Å². The van der Waals surface area contributed by atoms with E-state index in [0.717, 1.165) is 17.9 Å². The van der Waals surface area contributed by atoms with Crippen molar-refractivity contribution in [2.75, 3.05) is 7.11 Å². The van der Waals surface area contributed by atoms with Crippen LogP contribution >= 0.6 is 0 Å². The van der Waals surface area contributed by atoms with Crippen LogP contribution < -0.4 is 10.4 Å². The molecule has 0 bridgehead atoms. The summed E-state index contributed by atoms with van der Waals surface area (Å²) >= 11 is 0. The lowest BCUT2D eigenvalue weighted by molar-refractivity contribution is 0.0461. The first kappa shape index (κ1) is 15.5. The second kappa shape index (κ2) is 6.82. The van der Waals surface area contributed by atoms with Gasteiger partial charge in [-0.3, -0.25) is 0 Å². The van der Waals surface area contributed by atoms with Gasteiger partial charge in [0.1, 0.15) is 24.3 Å². The zero-order chi connectivity index (χ0) is 16.9. The third kappa shape index (κ3) is 3.52. The van der Waals surface area contributed by atoms with E-state index in [-0.39, 0.29) is 12.2 Å². The van der Waals surface area contributed by atoms with Crippen LogP contribution in [0.5, 0.6) is 5.75 Å². The van der Waals surface area contributed by atoms with E-state index in [1.54, 1.807) is 13.2 Å². The van der Waals surface area contributed by atoms with Crippen molar-refractivity contribution in [3.63, 3.8) is 0 Å². The summed E-state index contributed by atoms with van der Waals surface area (Å²) in [7, 11) is 1.58. The summed E-state index contributed by atoms with van der Waals surface area (Å²) in [5.74, 6) is 0.609. The Morgan fingerprint density at radius 1 is 1.21 bits per heavy atom. The molecular weight excluding hydrogens is 314 g/mol. The quantitative estimate of drug-likeness (QED) is 0.665. The smallest absolute Gasteiger partial charge is 0.341 e. The Bertz CT molecular complexity index is 891. The number of esters is 1. The van der Waals surface area contributed by atoms with Gasteiger partial charge >= 0.3 is 11.6 Å². The summed E-state index contributed by atoms with van der Waals surface area (Å²) < 4.78 is 20.1. The molecule has 0 N–H and O–H groups in total. The van der Waals surface area contributed by atoms with Crippen molar-refractivity contribution in [2.45, 2.75) is 6.61 Å². The maximum Gasteiger partial charge on any atom is 0.341 e. The minimum atomic E-state index is -0.621. The minimum Gasteiger partial charge on any atom is -0.497 e. The first-order valence-electron chi connectivity index (χ1n) is 7.02. The number of nitrogens with zero attached hydrogens (tertiary/aromatic N) is 1. The molecule has 0 spiro atoms. The average molecular weight is 327 g/mol. The third-order valence-electron chi connectivity index (χ3n) is 3.20. The third-order valence-corrected chi connectivity index (χ3v) is 3.20. The lowest BCUT2D eigenvalue weighted by atomic mass is 10.1. The van der Waals surface area contributed by atoms with E-state index in [4.69, 9.17) is 14.0 Å². The summed E-state index contributed by atoms with van der Waals surface area (Å²) in [4.78, 5) is 22.7. The summed E-state index contributed by atoms with van der Waals surface area (Å²) in [6.45, 7) is -0.0641. The summed E-state index contributed by atoms with van der Waals surface area (Å²) in [6.07, 6.45) is 1.05. The van der Waals surface area contributed by atoms with Crippen LogP contribution in [-0.2, 0) is 11.3 Å². The molecule has 7 heteroatoms. The highest BCUT2D eigenvalue weighted by atomic mass is 16.5. The molecule has 0 aliphatic carbocycles. The zero-order valence-corrected chi connectivity index (χ0v) is 12.7. The van der Waals surface area contributed by atoms with Crippen LogP contribution in [0.3, 0.4) is 0 Å². The molecule has 0 unspecified atom stereocenters. The number of methoxy groups -OCH3 is 1. The number of hydrogen-bond donors (Lipinski definition) is 0. The highest BCUT2D eigenvalue weighted by Gasteiger charge is 2.12. The van der Waals surface area contributed by atoms with Crippen molar-refractivity contribution in [2.24, 2.45) is 0 Å². The molecule has 1 aromatic carbocycles. The molecule has 24 heavy (non-hydrogen) atoms. The molecule has 0 atom stereocenters. The van der Waals surface area contributed by atoms with Gasteiger partial charge in [0.2, 0.25) is 0 Å². The van der Waals surface area contributed by atoms with E-state index >= 15 is 0 Å². The van der Waals surface area contributed by atoms with E-state index in [1.165, 1.54) is 6.07 Å². The SMILES string of the molecule is COc1cccc(-c2cc(COC(=O)c3ccc(=O)oc3)no2)c1.